The summed E-state index contributed by atoms with van der Waals surface area (Å²) in [5.41, 5.74) is 2.13. The Labute approximate surface area is 152 Å². The summed E-state index contributed by atoms with van der Waals surface area (Å²) in [6.45, 7) is 1.89. The van der Waals surface area contributed by atoms with E-state index in [0.29, 0.717) is 38.3 Å². The zero-order chi connectivity index (χ0) is 18.1. The van der Waals surface area contributed by atoms with Gasteiger partial charge in [0, 0.05) is 18.7 Å². The van der Waals surface area contributed by atoms with Crippen LogP contribution >= 0.6 is 0 Å². The van der Waals surface area contributed by atoms with E-state index in [4.69, 9.17) is 4.74 Å². The van der Waals surface area contributed by atoms with Crippen molar-refractivity contribution < 1.29 is 19.1 Å². The van der Waals surface area contributed by atoms with E-state index >= 15 is 0 Å². The summed E-state index contributed by atoms with van der Waals surface area (Å²) >= 11 is 0. The van der Waals surface area contributed by atoms with Gasteiger partial charge in [-0.1, -0.05) is 18.9 Å². The Morgan fingerprint density at radius 3 is 2.77 bits per heavy atom. The highest BCUT2D eigenvalue weighted by atomic mass is 16.5. The van der Waals surface area contributed by atoms with Crippen LogP contribution in [0.1, 0.15) is 53.6 Å². The number of ether oxygens (including phenoxy) is 1. The summed E-state index contributed by atoms with van der Waals surface area (Å²) in [6.07, 6.45) is 3.94. The summed E-state index contributed by atoms with van der Waals surface area (Å²) in [4.78, 5) is 38.2. The molecule has 1 spiro atoms. The van der Waals surface area contributed by atoms with E-state index in [1.54, 1.807) is 6.07 Å². The first kappa shape index (κ1) is 17.0. The number of nitrogens with one attached hydrogen (secondary N) is 2. The van der Waals surface area contributed by atoms with Crippen LogP contribution < -0.4 is 10.6 Å². The largest absolute Gasteiger partial charge is 0.372 e. The number of imide groups is 1. The van der Waals surface area contributed by atoms with Crippen molar-refractivity contribution in [2.24, 2.45) is 0 Å². The number of hydrogen-bond acceptors (Lipinski definition) is 4. The topological polar surface area (TPSA) is 87.7 Å². The van der Waals surface area contributed by atoms with E-state index in [9.17, 15) is 14.4 Å². The molecule has 1 saturated carbocycles. The molecule has 138 valence electrons. The van der Waals surface area contributed by atoms with Crippen LogP contribution in [0, 0.1) is 0 Å². The summed E-state index contributed by atoms with van der Waals surface area (Å²) in [5.74, 6) is -0.255. The van der Waals surface area contributed by atoms with Crippen molar-refractivity contribution in [3.8, 4) is 0 Å². The SMILES string of the molecule is O=C(NCCCN1C(=O)NC2(CCCC2)C1=O)c1ccc2c(c1)COC2. The predicted octanol–water partition coefficient (Wildman–Crippen LogP) is 1.70. The number of nitrogens with zero attached hydrogens (tertiary/aromatic N) is 1. The molecule has 3 aliphatic rings. The fourth-order valence-electron chi connectivity index (χ4n) is 4.05. The minimum absolute atomic E-state index is 0.107. The van der Waals surface area contributed by atoms with Crippen molar-refractivity contribution in [3.63, 3.8) is 0 Å². The fraction of sp³-hybridized carbons (Fsp3) is 0.526. The van der Waals surface area contributed by atoms with Gasteiger partial charge in [-0.25, -0.2) is 4.79 Å². The van der Waals surface area contributed by atoms with Gasteiger partial charge in [-0.3, -0.25) is 14.5 Å². The molecule has 2 fully saturated rings. The van der Waals surface area contributed by atoms with Gasteiger partial charge in [-0.05, 0) is 42.5 Å². The number of hydrogen-bond donors (Lipinski definition) is 2. The van der Waals surface area contributed by atoms with Crippen molar-refractivity contribution in [1.29, 1.82) is 0 Å². The first-order valence-corrected chi connectivity index (χ1v) is 9.21. The maximum absolute atomic E-state index is 12.5. The maximum atomic E-state index is 12.5. The molecular weight excluding hydrogens is 334 g/mol. The van der Waals surface area contributed by atoms with Gasteiger partial charge in [-0.2, -0.15) is 0 Å². The van der Waals surface area contributed by atoms with Crippen molar-refractivity contribution >= 4 is 17.8 Å². The molecule has 0 aromatic heterocycles. The molecule has 1 aromatic carbocycles. The summed E-state index contributed by atoms with van der Waals surface area (Å²) in [7, 11) is 0. The number of rotatable bonds is 5. The number of benzene rings is 1. The summed E-state index contributed by atoms with van der Waals surface area (Å²) in [5, 5.41) is 5.72. The van der Waals surface area contributed by atoms with Crippen LogP contribution in [0.15, 0.2) is 18.2 Å². The molecule has 7 nitrogen and oxygen atoms in total. The molecule has 0 bridgehead atoms. The minimum Gasteiger partial charge on any atom is -0.372 e. The van der Waals surface area contributed by atoms with E-state index in [-0.39, 0.29) is 17.8 Å². The molecule has 1 aliphatic carbocycles. The second-order valence-corrected chi connectivity index (χ2v) is 7.26. The predicted molar refractivity (Wildman–Crippen MR) is 93.3 cm³/mol. The third-order valence-electron chi connectivity index (χ3n) is 5.53. The number of fused-ring (bicyclic) bond motifs is 1. The monoisotopic (exact) mass is 357 g/mol. The van der Waals surface area contributed by atoms with Gasteiger partial charge in [-0.15, -0.1) is 0 Å². The first-order valence-electron chi connectivity index (χ1n) is 9.21. The van der Waals surface area contributed by atoms with Crippen molar-refractivity contribution in [3.05, 3.63) is 34.9 Å². The van der Waals surface area contributed by atoms with Crippen molar-refractivity contribution in [1.82, 2.24) is 15.5 Å². The van der Waals surface area contributed by atoms with E-state index in [0.717, 1.165) is 36.8 Å². The van der Waals surface area contributed by atoms with Gasteiger partial charge >= 0.3 is 6.03 Å². The lowest BCUT2D eigenvalue weighted by Gasteiger charge is -2.20. The highest BCUT2D eigenvalue weighted by molar-refractivity contribution is 6.07. The average molecular weight is 357 g/mol. The van der Waals surface area contributed by atoms with Crippen molar-refractivity contribution in [2.75, 3.05) is 13.1 Å². The van der Waals surface area contributed by atoms with E-state index in [1.807, 2.05) is 12.1 Å². The molecule has 4 amide bonds. The molecule has 1 aromatic rings. The van der Waals surface area contributed by atoms with Crippen LogP contribution in [0.5, 0.6) is 0 Å². The minimum atomic E-state index is -0.660. The van der Waals surface area contributed by atoms with Crippen LogP contribution in [-0.2, 0) is 22.7 Å². The normalized spacial score (nSPS) is 20.5. The van der Waals surface area contributed by atoms with Gasteiger partial charge in [0.15, 0.2) is 0 Å². The lowest BCUT2D eigenvalue weighted by atomic mass is 9.98. The molecule has 0 radical (unpaired) electrons. The Kier molecular flexibility index (Phi) is 4.40. The van der Waals surface area contributed by atoms with Crippen LogP contribution in [-0.4, -0.2) is 41.4 Å². The second-order valence-electron chi connectivity index (χ2n) is 7.26. The summed E-state index contributed by atoms with van der Waals surface area (Å²) in [6, 6.07) is 5.27. The molecule has 7 heteroatoms. The second kappa shape index (κ2) is 6.72. The Morgan fingerprint density at radius 1 is 1.19 bits per heavy atom. The van der Waals surface area contributed by atoms with Gasteiger partial charge in [0.25, 0.3) is 11.8 Å². The van der Waals surface area contributed by atoms with E-state index in [1.165, 1.54) is 4.90 Å². The Balaban J connectivity index is 1.27. The van der Waals surface area contributed by atoms with Crippen LogP contribution in [0.4, 0.5) is 4.79 Å². The van der Waals surface area contributed by atoms with Gasteiger partial charge < -0.3 is 15.4 Å². The quantitative estimate of drug-likeness (QED) is 0.620. The third kappa shape index (κ3) is 2.96. The highest BCUT2D eigenvalue weighted by Gasteiger charge is 2.51. The zero-order valence-corrected chi connectivity index (χ0v) is 14.7. The average Bonchev–Trinajstić information content (AvgIpc) is 3.34. The lowest BCUT2D eigenvalue weighted by Crippen LogP contribution is -2.44. The lowest BCUT2D eigenvalue weighted by molar-refractivity contribution is -0.131. The molecule has 0 atom stereocenters. The number of carbonyl (C=O) groups is 3. The number of amides is 4. The Morgan fingerprint density at radius 2 is 1.96 bits per heavy atom. The molecule has 26 heavy (non-hydrogen) atoms. The maximum Gasteiger partial charge on any atom is 0.325 e. The van der Waals surface area contributed by atoms with E-state index in [2.05, 4.69) is 10.6 Å². The third-order valence-corrected chi connectivity index (χ3v) is 5.53. The Bertz CT molecular complexity index is 755. The molecular formula is C19H23N3O4. The standard InChI is InChI=1S/C19H23N3O4/c23-16(13-4-5-14-11-26-12-15(14)10-13)20-8-3-9-22-17(24)19(21-18(22)25)6-1-2-7-19/h4-5,10H,1-3,6-9,11-12H2,(H,20,23)(H,21,25). The smallest absolute Gasteiger partial charge is 0.325 e. The Hall–Kier alpha value is -2.41. The fourth-order valence-corrected chi connectivity index (χ4v) is 4.05. The summed E-state index contributed by atoms with van der Waals surface area (Å²) < 4.78 is 5.36. The van der Waals surface area contributed by atoms with Crippen LogP contribution in [0.2, 0.25) is 0 Å². The zero-order valence-electron chi connectivity index (χ0n) is 14.7. The molecule has 1 saturated heterocycles. The van der Waals surface area contributed by atoms with E-state index < -0.39 is 5.54 Å². The van der Waals surface area contributed by atoms with Crippen LogP contribution in [0.3, 0.4) is 0 Å². The molecule has 2 aliphatic heterocycles. The number of carbonyl (C=O) groups excluding carboxylic acids is 3. The van der Waals surface area contributed by atoms with Gasteiger partial charge in [0.1, 0.15) is 5.54 Å². The molecule has 0 unspecified atom stereocenters. The van der Waals surface area contributed by atoms with Gasteiger partial charge in [0.2, 0.25) is 0 Å². The molecule has 2 N–H and O–H groups in total. The molecule has 2 heterocycles. The number of urea groups is 1. The molecule has 4 rings (SSSR count). The first-order chi connectivity index (χ1) is 12.6. The van der Waals surface area contributed by atoms with Gasteiger partial charge in [0.05, 0.1) is 13.2 Å². The highest BCUT2D eigenvalue weighted by Crippen LogP contribution is 2.35. The van der Waals surface area contributed by atoms with Crippen molar-refractivity contribution in [2.45, 2.75) is 50.9 Å². The van der Waals surface area contributed by atoms with Crippen LogP contribution in [0.25, 0.3) is 0 Å².